The molecular weight excluding hydrogens is 516 g/mol. The molecule has 2 unspecified atom stereocenters. The first-order valence-corrected chi connectivity index (χ1v) is 14.8. The molecule has 6 rings (SSSR count). The summed E-state index contributed by atoms with van der Waals surface area (Å²) in [7, 11) is 2.18. The van der Waals surface area contributed by atoms with E-state index in [2.05, 4.69) is 70.0 Å². The lowest BCUT2D eigenvalue weighted by molar-refractivity contribution is 0.148. The number of aromatic hydroxyl groups is 1. The zero-order valence-electron chi connectivity index (χ0n) is 24.2. The Labute approximate surface area is 239 Å². The van der Waals surface area contributed by atoms with Gasteiger partial charge in [0.15, 0.2) is 11.1 Å². The van der Waals surface area contributed by atoms with Gasteiger partial charge in [0.2, 0.25) is 5.88 Å². The summed E-state index contributed by atoms with van der Waals surface area (Å²) in [4.78, 5) is 31.9. The number of hydrogen-bond acceptors (Lipinski definition) is 7. The van der Waals surface area contributed by atoms with Crippen LogP contribution < -0.4 is 16.4 Å². The average Bonchev–Trinajstić information content (AvgIpc) is 3.33. The van der Waals surface area contributed by atoms with Gasteiger partial charge in [-0.3, -0.25) is 14.9 Å². The summed E-state index contributed by atoms with van der Waals surface area (Å²) in [6.07, 6.45) is 9.22. The molecule has 2 fully saturated rings. The summed E-state index contributed by atoms with van der Waals surface area (Å²) in [6, 6.07) is 10.9. The van der Waals surface area contributed by atoms with E-state index < -0.39 is 5.69 Å². The normalized spacial score (nSPS) is 22.7. The standard InChI is InChI=1S/C31H40N8O2/c1-4-6-10-31(5-2)18-26(31)35-27-17-24(22-9-7-8-21(15-22)20-38-13-11-37(3)12-14-38)33-28-23(19-32-39(27)28)16-25-29(40)36-30(41)34-25/h7-9,15-17,19,26,40H,4-6,10-14,18,20H2,1-3H3,(H2,34,36,41). The fourth-order valence-electron chi connectivity index (χ4n) is 6.07. The predicted octanol–water partition coefficient (Wildman–Crippen LogP) is 2.67. The lowest BCUT2D eigenvalue weighted by Gasteiger charge is -2.32. The summed E-state index contributed by atoms with van der Waals surface area (Å²) in [6.45, 7) is 9.73. The Morgan fingerprint density at radius 3 is 2.73 bits per heavy atom. The van der Waals surface area contributed by atoms with E-state index in [-0.39, 0.29) is 23.0 Å². The van der Waals surface area contributed by atoms with Gasteiger partial charge in [0.25, 0.3) is 0 Å². The van der Waals surface area contributed by atoms with Crippen LogP contribution in [-0.4, -0.2) is 78.7 Å². The number of nitrogens with one attached hydrogen (secondary N) is 2. The second-order valence-corrected chi connectivity index (χ2v) is 11.8. The summed E-state index contributed by atoms with van der Waals surface area (Å²) in [5, 5.41) is 15.5. The van der Waals surface area contributed by atoms with Crippen molar-refractivity contribution >= 4 is 11.7 Å². The Balaban J connectivity index is 1.43. The van der Waals surface area contributed by atoms with Crippen LogP contribution in [0.4, 0.5) is 0 Å². The Kier molecular flexibility index (Phi) is 7.52. The Morgan fingerprint density at radius 1 is 1.17 bits per heavy atom. The molecular formula is C31H40N8O2. The molecule has 10 heteroatoms. The summed E-state index contributed by atoms with van der Waals surface area (Å²) in [5.41, 5.74) is 4.61. The maximum atomic E-state index is 11.7. The SMILES string of the molecule is CCCCC1(CC)CC1N=c1cc(-c2cccc(CN3CCN(C)CC3)c2)nc2c(=Cc3[nH]c(=O)[nH]c3O)cnn12. The van der Waals surface area contributed by atoms with Crippen molar-refractivity contribution in [2.24, 2.45) is 10.4 Å². The molecule has 1 saturated carbocycles. The highest BCUT2D eigenvalue weighted by Gasteiger charge is 2.51. The Morgan fingerprint density at radius 2 is 2.00 bits per heavy atom. The summed E-state index contributed by atoms with van der Waals surface area (Å²) >= 11 is 0. The van der Waals surface area contributed by atoms with Crippen LogP contribution >= 0.6 is 0 Å². The van der Waals surface area contributed by atoms with E-state index in [0.29, 0.717) is 10.9 Å². The first kappa shape index (κ1) is 27.4. The van der Waals surface area contributed by atoms with Crippen LogP contribution in [0.5, 0.6) is 5.88 Å². The van der Waals surface area contributed by atoms with Gasteiger partial charge in [-0.05, 0) is 49.4 Å². The number of unbranched alkanes of at least 4 members (excludes halogenated alkanes) is 1. The van der Waals surface area contributed by atoms with Crippen LogP contribution in [0.1, 0.15) is 57.2 Å². The number of nitrogens with zero attached hydrogens (tertiary/aromatic N) is 6. The minimum atomic E-state index is -0.469. The van der Waals surface area contributed by atoms with Crippen molar-refractivity contribution in [3.8, 4) is 17.1 Å². The predicted molar refractivity (Wildman–Crippen MR) is 159 cm³/mol. The zero-order valence-corrected chi connectivity index (χ0v) is 24.2. The first-order valence-electron chi connectivity index (χ1n) is 14.8. The maximum absolute atomic E-state index is 11.7. The van der Waals surface area contributed by atoms with Gasteiger partial charge in [0.05, 0.1) is 17.9 Å². The monoisotopic (exact) mass is 556 g/mol. The highest BCUT2D eigenvalue weighted by atomic mass is 16.3. The van der Waals surface area contributed by atoms with Crippen LogP contribution in [0.25, 0.3) is 23.0 Å². The number of piperazine rings is 1. The van der Waals surface area contributed by atoms with E-state index in [9.17, 15) is 9.90 Å². The van der Waals surface area contributed by atoms with E-state index >= 15 is 0 Å². The third kappa shape index (κ3) is 5.71. The van der Waals surface area contributed by atoms with E-state index in [0.717, 1.165) is 62.3 Å². The summed E-state index contributed by atoms with van der Waals surface area (Å²) < 4.78 is 1.78. The van der Waals surface area contributed by atoms with Crippen LogP contribution in [0.3, 0.4) is 0 Å². The number of rotatable bonds is 9. The van der Waals surface area contributed by atoms with Crippen molar-refractivity contribution < 1.29 is 5.11 Å². The molecule has 3 N–H and O–H groups in total. The van der Waals surface area contributed by atoms with Gasteiger partial charge in [0.1, 0.15) is 5.69 Å². The fraction of sp³-hybridized carbons (Fsp3) is 0.484. The van der Waals surface area contributed by atoms with Crippen molar-refractivity contribution in [3.05, 3.63) is 69.0 Å². The molecule has 10 nitrogen and oxygen atoms in total. The molecule has 4 heterocycles. The van der Waals surface area contributed by atoms with Gasteiger partial charge in [-0.2, -0.15) is 9.61 Å². The third-order valence-electron chi connectivity index (χ3n) is 8.91. The molecule has 2 atom stereocenters. The molecule has 1 aromatic carbocycles. The second kappa shape index (κ2) is 11.3. The van der Waals surface area contributed by atoms with Crippen LogP contribution in [0, 0.1) is 5.41 Å². The number of benzene rings is 1. The number of aromatic nitrogens is 5. The van der Waals surface area contributed by atoms with Crippen molar-refractivity contribution in [2.75, 3.05) is 33.2 Å². The van der Waals surface area contributed by atoms with E-state index in [1.54, 1.807) is 16.8 Å². The second-order valence-electron chi connectivity index (χ2n) is 11.8. The smallest absolute Gasteiger partial charge is 0.326 e. The lowest BCUT2D eigenvalue weighted by atomic mass is 9.95. The quantitative estimate of drug-likeness (QED) is 0.292. The number of fused-ring (bicyclic) bond motifs is 1. The molecule has 1 saturated heterocycles. The van der Waals surface area contributed by atoms with Crippen LogP contribution in [-0.2, 0) is 6.54 Å². The van der Waals surface area contributed by atoms with Crippen molar-refractivity contribution in [2.45, 2.75) is 58.5 Å². The number of H-pyrrole nitrogens is 2. The largest absolute Gasteiger partial charge is 0.493 e. The minimum Gasteiger partial charge on any atom is -0.493 e. The molecule has 2 aliphatic rings. The summed E-state index contributed by atoms with van der Waals surface area (Å²) in [5.74, 6) is -0.214. The Hall–Kier alpha value is -3.76. The van der Waals surface area contributed by atoms with Gasteiger partial charge >= 0.3 is 5.69 Å². The average molecular weight is 557 g/mol. The highest BCUT2D eigenvalue weighted by molar-refractivity contribution is 5.64. The van der Waals surface area contributed by atoms with Gasteiger partial charge in [-0.1, -0.05) is 44.9 Å². The molecule has 0 radical (unpaired) electrons. The molecule has 0 amide bonds. The van der Waals surface area contributed by atoms with Crippen molar-refractivity contribution in [1.29, 1.82) is 0 Å². The van der Waals surface area contributed by atoms with E-state index in [1.807, 2.05) is 6.07 Å². The van der Waals surface area contributed by atoms with Gasteiger partial charge in [-0.15, -0.1) is 0 Å². The van der Waals surface area contributed by atoms with Gasteiger partial charge in [0, 0.05) is 49.6 Å². The van der Waals surface area contributed by atoms with Gasteiger partial charge in [-0.25, -0.2) is 9.78 Å². The molecule has 1 aliphatic heterocycles. The molecule has 0 spiro atoms. The van der Waals surface area contributed by atoms with Crippen LogP contribution in [0.2, 0.25) is 0 Å². The molecule has 41 heavy (non-hydrogen) atoms. The molecule has 3 aromatic heterocycles. The van der Waals surface area contributed by atoms with Crippen LogP contribution in [0.15, 0.2) is 46.3 Å². The van der Waals surface area contributed by atoms with E-state index in [4.69, 9.17) is 9.98 Å². The first-order chi connectivity index (χ1) is 19.9. The highest BCUT2D eigenvalue weighted by Crippen LogP contribution is 2.54. The van der Waals surface area contributed by atoms with Gasteiger partial charge < -0.3 is 15.0 Å². The molecule has 216 valence electrons. The maximum Gasteiger partial charge on any atom is 0.326 e. The number of aromatic amines is 2. The molecule has 4 aromatic rings. The van der Waals surface area contributed by atoms with Crippen molar-refractivity contribution in [1.82, 2.24) is 34.4 Å². The third-order valence-corrected chi connectivity index (χ3v) is 8.91. The number of imidazole rings is 1. The zero-order chi connectivity index (χ0) is 28.6. The molecule has 0 bridgehead atoms. The number of likely N-dealkylation sites (N-methyl/N-ethyl adjacent to an activating group) is 1. The molecule has 1 aliphatic carbocycles. The number of hydrogen-bond donors (Lipinski definition) is 3. The lowest BCUT2D eigenvalue weighted by Crippen LogP contribution is -2.43. The topological polar surface area (TPSA) is 118 Å². The van der Waals surface area contributed by atoms with E-state index in [1.165, 1.54) is 24.8 Å². The Bertz CT molecular complexity index is 1710. The van der Waals surface area contributed by atoms with Crippen molar-refractivity contribution in [3.63, 3.8) is 0 Å². The fourth-order valence-corrected chi connectivity index (χ4v) is 6.07. The minimum absolute atomic E-state index is 0.214.